The van der Waals surface area contributed by atoms with Crippen LogP contribution in [0.25, 0.3) is 0 Å². The second kappa shape index (κ2) is 5.37. The van der Waals surface area contributed by atoms with Gasteiger partial charge in [0.05, 0.1) is 12.1 Å². The summed E-state index contributed by atoms with van der Waals surface area (Å²) in [5, 5.41) is 8.85. The van der Waals surface area contributed by atoms with Gasteiger partial charge in [-0.3, -0.25) is 4.90 Å². The lowest BCUT2D eigenvalue weighted by molar-refractivity contribution is 0.0696. The molecule has 0 bridgehead atoms. The maximum absolute atomic E-state index is 10.8. The zero-order valence-electron chi connectivity index (χ0n) is 12.0. The first-order valence-corrected chi connectivity index (χ1v) is 6.89. The number of carboxylic acid groups (broad SMARTS) is 1. The maximum atomic E-state index is 10.8. The Morgan fingerprint density at radius 3 is 2.53 bits per heavy atom. The molecule has 1 aliphatic heterocycles. The van der Waals surface area contributed by atoms with Crippen molar-refractivity contribution in [3.63, 3.8) is 0 Å². The third-order valence-corrected chi connectivity index (χ3v) is 4.09. The van der Waals surface area contributed by atoms with Crippen molar-refractivity contribution in [3.05, 3.63) is 23.7 Å². The number of carboxylic acids is 1. The van der Waals surface area contributed by atoms with Crippen LogP contribution in [0.4, 0.5) is 0 Å². The summed E-state index contributed by atoms with van der Waals surface area (Å²) in [4.78, 5) is 13.1. The van der Waals surface area contributed by atoms with Gasteiger partial charge in [-0.15, -0.1) is 0 Å². The Labute approximate surface area is 114 Å². The largest absolute Gasteiger partial charge is 0.478 e. The lowest BCUT2D eigenvalue weighted by Gasteiger charge is -2.38. The van der Waals surface area contributed by atoms with E-state index in [2.05, 4.69) is 25.7 Å². The first-order valence-electron chi connectivity index (χ1n) is 6.89. The Balaban J connectivity index is 1.87. The van der Waals surface area contributed by atoms with Crippen LogP contribution < -0.4 is 0 Å². The summed E-state index contributed by atoms with van der Waals surface area (Å²) in [6.45, 7) is 9.75. The fraction of sp³-hybridized carbons (Fsp3) is 0.667. The molecule has 1 aromatic rings. The van der Waals surface area contributed by atoms with Crippen molar-refractivity contribution in [2.45, 2.75) is 40.2 Å². The number of nitrogens with zero attached hydrogens (tertiary/aromatic N) is 1. The molecule has 19 heavy (non-hydrogen) atoms. The Kier molecular flexibility index (Phi) is 3.99. The highest BCUT2D eigenvalue weighted by Crippen LogP contribution is 2.34. The van der Waals surface area contributed by atoms with Crippen LogP contribution >= 0.6 is 0 Å². The highest BCUT2D eigenvalue weighted by molar-refractivity contribution is 5.87. The second-order valence-electron chi connectivity index (χ2n) is 6.52. The zero-order valence-corrected chi connectivity index (χ0v) is 12.0. The molecule has 0 saturated carbocycles. The Morgan fingerprint density at radius 2 is 2.05 bits per heavy atom. The number of hydrogen-bond acceptors (Lipinski definition) is 3. The molecule has 0 unspecified atom stereocenters. The van der Waals surface area contributed by atoms with E-state index in [1.807, 2.05) is 0 Å². The molecule has 106 valence electrons. The molecule has 1 fully saturated rings. The van der Waals surface area contributed by atoms with Gasteiger partial charge < -0.3 is 9.52 Å². The van der Waals surface area contributed by atoms with Gasteiger partial charge in [0.2, 0.25) is 0 Å². The molecule has 0 aromatic carbocycles. The summed E-state index contributed by atoms with van der Waals surface area (Å²) in [6.07, 6.45) is 3.73. The van der Waals surface area contributed by atoms with E-state index in [1.54, 1.807) is 6.07 Å². The molecular weight excluding hydrogens is 242 g/mol. The number of likely N-dealkylation sites (tertiary alicyclic amines) is 1. The normalized spacial score (nSPS) is 18.7. The number of piperidine rings is 1. The third kappa shape index (κ3) is 3.60. The first kappa shape index (κ1) is 14.1. The monoisotopic (exact) mass is 265 g/mol. The minimum absolute atomic E-state index is 0.236. The van der Waals surface area contributed by atoms with Crippen molar-refractivity contribution in [1.82, 2.24) is 4.90 Å². The van der Waals surface area contributed by atoms with Crippen molar-refractivity contribution < 1.29 is 14.3 Å². The van der Waals surface area contributed by atoms with Crippen LogP contribution in [-0.2, 0) is 6.54 Å². The van der Waals surface area contributed by atoms with E-state index in [0.717, 1.165) is 24.8 Å². The van der Waals surface area contributed by atoms with E-state index in [4.69, 9.17) is 9.52 Å². The molecule has 0 radical (unpaired) electrons. The van der Waals surface area contributed by atoms with Crippen molar-refractivity contribution in [1.29, 1.82) is 0 Å². The van der Waals surface area contributed by atoms with Crippen molar-refractivity contribution >= 4 is 5.97 Å². The number of carbonyl (C=O) groups is 1. The molecule has 0 spiro atoms. The Bertz CT molecular complexity index is 436. The predicted octanol–water partition coefficient (Wildman–Crippen LogP) is 3.24. The van der Waals surface area contributed by atoms with Crippen LogP contribution in [0.1, 0.15) is 49.7 Å². The van der Waals surface area contributed by atoms with Gasteiger partial charge in [-0.05, 0) is 43.3 Å². The third-order valence-electron chi connectivity index (χ3n) is 4.09. The van der Waals surface area contributed by atoms with Gasteiger partial charge in [0.15, 0.2) is 0 Å². The molecule has 1 N–H and O–H groups in total. The minimum atomic E-state index is -0.929. The van der Waals surface area contributed by atoms with Gasteiger partial charge >= 0.3 is 5.97 Å². The topological polar surface area (TPSA) is 53.7 Å². The average Bonchev–Trinajstić information content (AvgIpc) is 2.77. The molecule has 2 rings (SSSR count). The predicted molar refractivity (Wildman–Crippen MR) is 73.1 cm³/mol. The smallest absolute Gasteiger partial charge is 0.338 e. The average molecular weight is 265 g/mol. The Hall–Kier alpha value is -1.29. The first-order chi connectivity index (χ1) is 8.86. The molecule has 1 aliphatic rings. The molecule has 1 saturated heterocycles. The summed E-state index contributed by atoms with van der Waals surface area (Å²) >= 11 is 0. The van der Waals surface area contributed by atoms with Crippen LogP contribution in [0.5, 0.6) is 0 Å². The summed E-state index contributed by atoms with van der Waals surface area (Å²) in [5.74, 6) is 0.586. The van der Waals surface area contributed by atoms with Gasteiger partial charge in [-0.2, -0.15) is 0 Å². The number of furan rings is 1. The van der Waals surface area contributed by atoms with Gasteiger partial charge in [-0.25, -0.2) is 4.79 Å². The highest BCUT2D eigenvalue weighted by Gasteiger charge is 2.28. The van der Waals surface area contributed by atoms with Crippen molar-refractivity contribution in [3.8, 4) is 0 Å². The maximum Gasteiger partial charge on any atom is 0.338 e. The van der Waals surface area contributed by atoms with Crippen LogP contribution in [-0.4, -0.2) is 29.1 Å². The molecule has 4 nitrogen and oxygen atoms in total. The SMILES string of the molecule is CC(C)(C)C1CCN(Cc2cc(C(=O)O)co2)CC1. The molecule has 1 aromatic heterocycles. The van der Waals surface area contributed by atoms with Crippen LogP contribution in [0.15, 0.2) is 16.7 Å². The van der Waals surface area contributed by atoms with Crippen LogP contribution in [0, 0.1) is 11.3 Å². The van der Waals surface area contributed by atoms with Crippen molar-refractivity contribution in [2.24, 2.45) is 11.3 Å². The van der Waals surface area contributed by atoms with E-state index < -0.39 is 5.97 Å². The summed E-state index contributed by atoms with van der Waals surface area (Å²) < 4.78 is 5.30. The molecular formula is C15H23NO3. The summed E-state index contributed by atoms with van der Waals surface area (Å²) in [5.41, 5.74) is 0.618. The second-order valence-corrected chi connectivity index (χ2v) is 6.52. The molecule has 0 amide bonds. The van der Waals surface area contributed by atoms with E-state index >= 15 is 0 Å². The van der Waals surface area contributed by atoms with Crippen LogP contribution in [0.3, 0.4) is 0 Å². The van der Waals surface area contributed by atoms with E-state index in [-0.39, 0.29) is 5.56 Å². The summed E-state index contributed by atoms with van der Waals surface area (Å²) in [7, 11) is 0. The standard InChI is InChI=1S/C15H23NO3/c1-15(2,3)12-4-6-16(7-5-12)9-13-8-11(10-19-13)14(17)18/h8,10,12H,4-7,9H2,1-3H3,(H,17,18). The van der Waals surface area contributed by atoms with Gasteiger partial charge in [-0.1, -0.05) is 20.8 Å². The quantitative estimate of drug-likeness (QED) is 0.911. The molecule has 0 atom stereocenters. The van der Waals surface area contributed by atoms with Gasteiger partial charge in [0, 0.05) is 0 Å². The van der Waals surface area contributed by atoms with Gasteiger partial charge in [0.1, 0.15) is 12.0 Å². The van der Waals surface area contributed by atoms with E-state index in [9.17, 15) is 4.79 Å². The van der Waals surface area contributed by atoms with E-state index in [0.29, 0.717) is 12.0 Å². The molecule has 0 aliphatic carbocycles. The van der Waals surface area contributed by atoms with Crippen molar-refractivity contribution in [2.75, 3.05) is 13.1 Å². The molecule has 2 heterocycles. The number of aromatic carboxylic acids is 1. The van der Waals surface area contributed by atoms with Gasteiger partial charge in [0.25, 0.3) is 0 Å². The summed E-state index contributed by atoms with van der Waals surface area (Å²) in [6, 6.07) is 1.62. The number of hydrogen-bond donors (Lipinski definition) is 1. The fourth-order valence-corrected chi connectivity index (χ4v) is 2.75. The fourth-order valence-electron chi connectivity index (χ4n) is 2.75. The van der Waals surface area contributed by atoms with Crippen LogP contribution in [0.2, 0.25) is 0 Å². The number of rotatable bonds is 3. The highest BCUT2D eigenvalue weighted by atomic mass is 16.4. The minimum Gasteiger partial charge on any atom is -0.478 e. The Morgan fingerprint density at radius 1 is 1.42 bits per heavy atom. The van der Waals surface area contributed by atoms with E-state index in [1.165, 1.54) is 19.1 Å². The molecule has 4 heteroatoms. The zero-order chi connectivity index (χ0) is 14.0. The lowest BCUT2D eigenvalue weighted by atomic mass is 9.75. The lowest BCUT2D eigenvalue weighted by Crippen LogP contribution is -2.37.